The minimum absolute atomic E-state index is 1.03. The third kappa shape index (κ3) is 3.11. The van der Waals surface area contributed by atoms with Gasteiger partial charge in [0, 0.05) is 0 Å². The molecule has 0 aliphatic rings. The fraction of sp³-hybridized carbons (Fsp3) is 0.409. The van der Waals surface area contributed by atoms with Gasteiger partial charge in [0.25, 0.3) is 0 Å². The fourth-order valence-corrected chi connectivity index (χ4v) is 3.50. The van der Waals surface area contributed by atoms with E-state index in [1.165, 1.54) is 56.0 Å². The van der Waals surface area contributed by atoms with Crippen molar-refractivity contribution in [3.63, 3.8) is 0 Å². The summed E-state index contributed by atoms with van der Waals surface area (Å²) in [5, 5.41) is 0. The molecule has 22 heavy (non-hydrogen) atoms. The monoisotopic (exact) mass is 293 g/mol. The van der Waals surface area contributed by atoms with Gasteiger partial charge in [0.05, 0.1) is 0 Å². The van der Waals surface area contributed by atoms with Crippen molar-refractivity contribution in [1.82, 2.24) is 0 Å². The molecule has 0 N–H and O–H groups in total. The quantitative estimate of drug-likeness (QED) is 0.642. The lowest BCUT2D eigenvalue weighted by atomic mass is 9.85. The molecular weight excluding hydrogens is 264 g/mol. The molecule has 0 atom stereocenters. The minimum Gasteiger partial charge on any atom is -0.0561 e. The van der Waals surface area contributed by atoms with Crippen LogP contribution in [-0.2, 0) is 6.42 Å². The van der Waals surface area contributed by atoms with Gasteiger partial charge in [0.15, 0.2) is 0 Å². The highest BCUT2D eigenvalue weighted by Crippen LogP contribution is 2.29. The second kappa shape index (κ2) is 6.28. The fourth-order valence-electron chi connectivity index (χ4n) is 3.50. The molecule has 0 spiro atoms. The predicted molar refractivity (Wildman–Crippen MR) is 97.8 cm³/mol. The lowest BCUT2D eigenvalue weighted by Gasteiger charge is -2.20. The maximum absolute atomic E-state index is 2.41. The maximum Gasteiger partial charge on any atom is -0.000912 e. The Hall–Kier alpha value is -1.56. The molecule has 2 rings (SSSR count). The Morgan fingerprint density at radius 2 is 1.27 bits per heavy atom. The van der Waals surface area contributed by atoms with E-state index in [-0.39, 0.29) is 0 Å². The second-order valence-electron chi connectivity index (χ2n) is 7.01. The van der Waals surface area contributed by atoms with Crippen molar-refractivity contribution in [3.8, 4) is 0 Å². The van der Waals surface area contributed by atoms with E-state index >= 15 is 0 Å². The molecule has 0 heteroatoms. The van der Waals surface area contributed by atoms with Gasteiger partial charge in [0.2, 0.25) is 0 Å². The number of aryl methyl sites for hydroxylation is 3. The first-order valence-electron chi connectivity index (χ1n) is 8.19. The van der Waals surface area contributed by atoms with Crippen LogP contribution < -0.4 is 0 Å². The summed E-state index contributed by atoms with van der Waals surface area (Å²) in [4.78, 5) is 0. The molecular formula is C22H29. The summed E-state index contributed by atoms with van der Waals surface area (Å²) in [5.41, 5.74) is 12.9. The number of benzene rings is 2. The molecule has 0 aromatic heterocycles. The molecule has 117 valence electrons. The zero-order valence-electron chi connectivity index (χ0n) is 15.4. The summed E-state index contributed by atoms with van der Waals surface area (Å²) in [5.74, 6) is 1.40. The number of hydrogen-bond donors (Lipinski definition) is 0. The van der Waals surface area contributed by atoms with Crippen LogP contribution >= 0.6 is 0 Å². The van der Waals surface area contributed by atoms with Crippen molar-refractivity contribution in [2.24, 2.45) is 0 Å². The van der Waals surface area contributed by atoms with E-state index in [1.807, 2.05) is 0 Å². The maximum atomic E-state index is 2.41. The third-order valence-electron chi connectivity index (χ3n) is 5.08. The van der Waals surface area contributed by atoms with Crippen LogP contribution in [0.4, 0.5) is 0 Å². The van der Waals surface area contributed by atoms with Gasteiger partial charge in [0.1, 0.15) is 0 Å². The summed E-state index contributed by atoms with van der Waals surface area (Å²) in [6.45, 7) is 17.9. The summed E-state index contributed by atoms with van der Waals surface area (Å²) >= 11 is 0. The standard InChI is InChI=1S/C22H29/c1-13(2)21-11-20(18(7)17(6)19(21)8)12-22-15(4)9-14(3)10-16(22)5/h9-11H,12H2,1-8H3. The van der Waals surface area contributed by atoms with Gasteiger partial charge in [-0.15, -0.1) is 0 Å². The smallest absolute Gasteiger partial charge is 0.000912 e. The third-order valence-corrected chi connectivity index (χ3v) is 5.08. The van der Waals surface area contributed by atoms with Crippen LogP contribution in [0.3, 0.4) is 0 Å². The molecule has 0 fully saturated rings. The van der Waals surface area contributed by atoms with Crippen molar-refractivity contribution in [1.29, 1.82) is 0 Å². The van der Waals surface area contributed by atoms with Crippen molar-refractivity contribution in [2.45, 2.75) is 61.8 Å². The van der Waals surface area contributed by atoms with E-state index < -0.39 is 0 Å². The highest BCUT2D eigenvalue weighted by Gasteiger charge is 2.14. The zero-order valence-corrected chi connectivity index (χ0v) is 15.4. The van der Waals surface area contributed by atoms with Gasteiger partial charge in [-0.3, -0.25) is 0 Å². The zero-order chi connectivity index (χ0) is 16.6. The van der Waals surface area contributed by atoms with Crippen molar-refractivity contribution in [3.05, 3.63) is 74.2 Å². The molecule has 1 radical (unpaired) electrons. The van der Waals surface area contributed by atoms with Gasteiger partial charge in [-0.05, 0) is 98.4 Å². The van der Waals surface area contributed by atoms with E-state index in [2.05, 4.69) is 73.6 Å². The Morgan fingerprint density at radius 1 is 0.727 bits per heavy atom. The van der Waals surface area contributed by atoms with Crippen molar-refractivity contribution in [2.75, 3.05) is 0 Å². The Morgan fingerprint density at radius 3 is 1.77 bits per heavy atom. The normalized spacial score (nSPS) is 11.3. The van der Waals surface area contributed by atoms with Gasteiger partial charge >= 0.3 is 0 Å². The molecule has 0 aliphatic carbocycles. The molecule has 2 aromatic rings. The van der Waals surface area contributed by atoms with E-state index in [9.17, 15) is 0 Å². The van der Waals surface area contributed by atoms with Crippen LogP contribution in [-0.4, -0.2) is 0 Å². The van der Waals surface area contributed by atoms with Crippen molar-refractivity contribution >= 4 is 0 Å². The molecule has 0 nitrogen and oxygen atoms in total. The molecule has 0 aliphatic heterocycles. The van der Waals surface area contributed by atoms with Crippen molar-refractivity contribution < 1.29 is 0 Å². The topological polar surface area (TPSA) is 0 Å². The largest absolute Gasteiger partial charge is 0.0561 e. The lowest BCUT2D eigenvalue weighted by molar-refractivity contribution is 1.04. The first kappa shape index (κ1) is 16.8. The van der Waals surface area contributed by atoms with Crippen LogP contribution in [0.2, 0.25) is 0 Å². The minimum atomic E-state index is 1.03. The second-order valence-corrected chi connectivity index (χ2v) is 7.01. The van der Waals surface area contributed by atoms with Crippen LogP contribution in [0.25, 0.3) is 0 Å². The molecule has 0 saturated heterocycles. The van der Waals surface area contributed by atoms with Crippen LogP contribution in [0.15, 0.2) is 18.2 Å². The summed E-state index contributed by atoms with van der Waals surface area (Å²) < 4.78 is 0. The predicted octanol–water partition coefficient (Wildman–Crippen LogP) is 6.09. The van der Waals surface area contributed by atoms with Gasteiger partial charge in [-0.1, -0.05) is 37.6 Å². The lowest BCUT2D eigenvalue weighted by Crippen LogP contribution is -2.05. The average molecular weight is 293 g/mol. The summed E-state index contributed by atoms with van der Waals surface area (Å²) in [6, 6.07) is 7.01. The molecule has 0 heterocycles. The van der Waals surface area contributed by atoms with Gasteiger partial charge in [-0.2, -0.15) is 0 Å². The van der Waals surface area contributed by atoms with Crippen LogP contribution in [0.5, 0.6) is 0 Å². The average Bonchev–Trinajstić information content (AvgIpc) is 2.42. The molecule has 0 bridgehead atoms. The van der Waals surface area contributed by atoms with E-state index in [0.29, 0.717) is 0 Å². The first-order valence-corrected chi connectivity index (χ1v) is 8.19. The van der Waals surface area contributed by atoms with Gasteiger partial charge in [-0.25, -0.2) is 0 Å². The highest BCUT2D eigenvalue weighted by atomic mass is 14.2. The Bertz CT molecular complexity index is 679. The van der Waals surface area contributed by atoms with E-state index in [0.717, 1.165) is 6.42 Å². The Kier molecular flexibility index (Phi) is 4.80. The van der Waals surface area contributed by atoms with E-state index in [1.54, 1.807) is 0 Å². The number of hydrogen-bond acceptors (Lipinski definition) is 0. The SMILES string of the molecule is C[C](C)c1cc(Cc2c(C)cc(C)cc2C)c(C)c(C)c1C. The molecule has 0 saturated carbocycles. The Labute approximate surface area is 136 Å². The molecule has 0 unspecified atom stereocenters. The Balaban J connectivity index is 2.55. The molecule has 2 aromatic carbocycles. The number of rotatable bonds is 3. The van der Waals surface area contributed by atoms with Crippen LogP contribution in [0, 0.1) is 47.5 Å². The highest BCUT2D eigenvalue weighted by molar-refractivity contribution is 5.51. The molecule has 0 amide bonds. The first-order chi connectivity index (χ1) is 10.2. The van der Waals surface area contributed by atoms with Gasteiger partial charge < -0.3 is 0 Å². The summed E-state index contributed by atoms with van der Waals surface area (Å²) in [6.07, 6.45) is 1.03. The summed E-state index contributed by atoms with van der Waals surface area (Å²) in [7, 11) is 0. The van der Waals surface area contributed by atoms with Crippen LogP contribution in [0.1, 0.15) is 63.9 Å². The van der Waals surface area contributed by atoms with E-state index in [4.69, 9.17) is 0 Å².